The van der Waals surface area contributed by atoms with Gasteiger partial charge in [0.1, 0.15) is 0 Å². The number of sulfonamides is 1. The van der Waals surface area contributed by atoms with Gasteiger partial charge in [-0.25, -0.2) is 13.6 Å². The van der Waals surface area contributed by atoms with E-state index in [1.165, 1.54) is 7.11 Å². The molecular weight excluding hydrogens is 206 g/mol. The minimum absolute atomic E-state index is 0.107. The molecule has 0 heterocycles. The van der Waals surface area contributed by atoms with E-state index in [9.17, 15) is 13.2 Å². The van der Waals surface area contributed by atoms with E-state index in [0.717, 1.165) is 0 Å². The van der Waals surface area contributed by atoms with E-state index in [1.54, 1.807) is 0 Å². The van der Waals surface area contributed by atoms with Crippen molar-refractivity contribution in [1.82, 2.24) is 0 Å². The third-order valence-electron chi connectivity index (χ3n) is 3.47. The van der Waals surface area contributed by atoms with E-state index in [0.29, 0.717) is 19.3 Å². The molecule has 2 rings (SSSR count). The van der Waals surface area contributed by atoms with Crippen molar-refractivity contribution in [2.24, 2.45) is 16.5 Å². The number of nitrogens with two attached hydrogens (primary N) is 1. The van der Waals surface area contributed by atoms with Crippen LogP contribution in [0.3, 0.4) is 0 Å². The first kappa shape index (κ1) is 9.92. The summed E-state index contributed by atoms with van der Waals surface area (Å²) in [7, 11) is -2.17. The highest BCUT2D eigenvalue weighted by molar-refractivity contribution is 7.89. The highest BCUT2D eigenvalue weighted by atomic mass is 32.2. The van der Waals surface area contributed by atoms with Crippen molar-refractivity contribution < 1.29 is 17.9 Å². The number of primary sulfonamides is 1. The fourth-order valence-corrected chi connectivity index (χ4v) is 3.90. The zero-order valence-electron chi connectivity index (χ0n) is 7.89. The molecular formula is C8H13NO4S. The summed E-state index contributed by atoms with van der Waals surface area (Å²) in [6.45, 7) is 0. The zero-order chi connectivity index (χ0) is 10.6. The van der Waals surface area contributed by atoms with Gasteiger partial charge in [-0.15, -0.1) is 0 Å². The highest BCUT2D eigenvalue weighted by Crippen LogP contribution is 2.65. The summed E-state index contributed by atoms with van der Waals surface area (Å²) in [5, 5.41) is 4.54. The molecule has 14 heavy (non-hydrogen) atoms. The number of carbonyl (C=O) groups is 1. The van der Waals surface area contributed by atoms with E-state index in [4.69, 9.17) is 5.14 Å². The fourth-order valence-electron chi connectivity index (χ4n) is 2.64. The van der Waals surface area contributed by atoms with Gasteiger partial charge in [-0.1, -0.05) is 0 Å². The molecule has 0 aromatic heterocycles. The second-order valence-corrected chi connectivity index (χ2v) is 5.91. The molecule has 0 aromatic carbocycles. The average molecular weight is 219 g/mol. The lowest BCUT2D eigenvalue weighted by molar-refractivity contribution is -0.147. The molecule has 0 amide bonds. The first-order chi connectivity index (χ1) is 6.42. The number of rotatable bonds is 2. The summed E-state index contributed by atoms with van der Waals surface area (Å²) in [6, 6.07) is 0. The van der Waals surface area contributed by atoms with Crippen LogP contribution in [0.15, 0.2) is 0 Å². The van der Waals surface area contributed by atoms with E-state index in [1.807, 2.05) is 0 Å². The molecule has 2 fully saturated rings. The van der Waals surface area contributed by atoms with Crippen molar-refractivity contribution in [2.75, 3.05) is 7.11 Å². The Labute approximate surface area is 82.7 Å². The van der Waals surface area contributed by atoms with Crippen LogP contribution in [0.5, 0.6) is 0 Å². The molecule has 6 heteroatoms. The largest absolute Gasteiger partial charge is 0.469 e. The summed E-state index contributed by atoms with van der Waals surface area (Å²) in [6.07, 6.45) is 1.69. The Kier molecular flexibility index (Phi) is 1.91. The molecule has 5 nitrogen and oxygen atoms in total. The number of hydrogen-bond acceptors (Lipinski definition) is 4. The molecule has 0 bridgehead atoms. The van der Waals surface area contributed by atoms with Gasteiger partial charge < -0.3 is 4.74 Å². The van der Waals surface area contributed by atoms with E-state index in [2.05, 4.69) is 4.74 Å². The minimum atomic E-state index is -3.50. The standard InChI is InChI=1S/C8H13NO4S/c1-13-7(10)8-3-2-6(5(8)4-8)14(9,11)12/h5-6H,2-4H2,1H3,(H2,9,11,12)/t5-,6-,8+/m0/s1. The number of carbonyl (C=O) groups excluding carboxylic acids is 1. The number of hydrogen-bond donors (Lipinski definition) is 1. The van der Waals surface area contributed by atoms with Gasteiger partial charge in [0, 0.05) is 0 Å². The Balaban J connectivity index is 2.19. The second-order valence-electron chi connectivity index (χ2n) is 4.12. The van der Waals surface area contributed by atoms with Crippen LogP contribution in [0.4, 0.5) is 0 Å². The van der Waals surface area contributed by atoms with Gasteiger partial charge in [0.05, 0.1) is 17.8 Å². The molecule has 2 saturated carbocycles. The highest BCUT2D eigenvalue weighted by Gasteiger charge is 2.69. The fraction of sp³-hybridized carbons (Fsp3) is 0.875. The zero-order valence-corrected chi connectivity index (χ0v) is 8.71. The van der Waals surface area contributed by atoms with Crippen molar-refractivity contribution in [1.29, 1.82) is 0 Å². The summed E-state index contributed by atoms with van der Waals surface area (Å²) in [4.78, 5) is 11.4. The molecule has 0 saturated heterocycles. The maximum Gasteiger partial charge on any atom is 0.312 e. The first-order valence-electron chi connectivity index (χ1n) is 4.52. The quantitative estimate of drug-likeness (QED) is 0.641. The maximum atomic E-state index is 11.4. The molecule has 2 aliphatic rings. The van der Waals surface area contributed by atoms with Gasteiger partial charge in [0.25, 0.3) is 0 Å². The molecule has 2 N–H and O–H groups in total. The summed E-state index contributed by atoms with van der Waals surface area (Å²) in [5.41, 5.74) is -0.522. The Morgan fingerprint density at radius 2 is 2.21 bits per heavy atom. The topological polar surface area (TPSA) is 86.5 Å². The Morgan fingerprint density at radius 1 is 1.57 bits per heavy atom. The summed E-state index contributed by atoms with van der Waals surface area (Å²) in [5.74, 6) is -0.390. The molecule has 0 aromatic rings. The van der Waals surface area contributed by atoms with Crippen LogP contribution >= 0.6 is 0 Å². The van der Waals surface area contributed by atoms with Crippen LogP contribution in [-0.4, -0.2) is 26.7 Å². The van der Waals surface area contributed by atoms with E-state index >= 15 is 0 Å². The van der Waals surface area contributed by atoms with Crippen LogP contribution in [0.1, 0.15) is 19.3 Å². The number of esters is 1. The van der Waals surface area contributed by atoms with Crippen LogP contribution in [-0.2, 0) is 19.6 Å². The molecule has 80 valence electrons. The SMILES string of the molecule is COC(=O)[C@@]12CC[C@H](S(N)(=O)=O)[C@@H]1C2. The van der Waals surface area contributed by atoms with Crippen LogP contribution < -0.4 is 5.14 Å². The lowest BCUT2D eigenvalue weighted by Crippen LogP contribution is -2.28. The van der Waals surface area contributed by atoms with Crippen molar-refractivity contribution in [2.45, 2.75) is 24.5 Å². The number of ether oxygens (including phenoxy) is 1. The Bertz CT molecular complexity index is 377. The third-order valence-corrected chi connectivity index (χ3v) is 4.88. The second kappa shape index (κ2) is 2.70. The Hall–Kier alpha value is -0.620. The molecule has 2 aliphatic carbocycles. The van der Waals surface area contributed by atoms with E-state index in [-0.39, 0.29) is 11.9 Å². The third kappa shape index (κ3) is 1.17. The molecule has 0 spiro atoms. The van der Waals surface area contributed by atoms with Crippen molar-refractivity contribution in [3.8, 4) is 0 Å². The molecule has 3 atom stereocenters. The van der Waals surface area contributed by atoms with Gasteiger partial charge in [-0.05, 0) is 25.2 Å². The predicted octanol–water partition coefficient (Wildman–Crippen LogP) is -0.383. The van der Waals surface area contributed by atoms with Gasteiger partial charge in [-0.3, -0.25) is 4.79 Å². The molecule has 0 unspecified atom stereocenters. The predicted molar refractivity (Wildman–Crippen MR) is 48.7 cm³/mol. The van der Waals surface area contributed by atoms with Crippen LogP contribution in [0.2, 0.25) is 0 Å². The number of methoxy groups -OCH3 is 1. The van der Waals surface area contributed by atoms with Crippen molar-refractivity contribution in [3.05, 3.63) is 0 Å². The van der Waals surface area contributed by atoms with Crippen LogP contribution in [0.25, 0.3) is 0 Å². The van der Waals surface area contributed by atoms with Gasteiger partial charge in [0.2, 0.25) is 10.0 Å². The monoisotopic (exact) mass is 219 g/mol. The molecule has 0 aliphatic heterocycles. The van der Waals surface area contributed by atoms with Crippen LogP contribution in [0, 0.1) is 11.3 Å². The summed E-state index contributed by atoms with van der Waals surface area (Å²) >= 11 is 0. The first-order valence-corrected chi connectivity index (χ1v) is 6.13. The van der Waals surface area contributed by atoms with Crippen molar-refractivity contribution >= 4 is 16.0 Å². The Morgan fingerprint density at radius 3 is 2.57 bits per heavy atom. The molecule has 0 radical (unpaired) electrons. The lowest BCUT2D eigenvalue weighted by Gasteiger charge is -2.06. The van der Waals surface area contributed by atoms with E-state index < -0.39 is 20.7 Å². The maximum absolute atomic E-state index is 11.4. The van der Waals surface area contributed by atoms with Gasteiger partial charge >= 0.3 is 5.97 Å². The van der Waals surface area contributed by atoms with Gasteiger partial charge in [-0.2, -0.15) is 0 Å². The normalized spacial score (nSPS) is 40.4. The average Bonchev–Trinajstić information content (AvgIpc) is 2.69. The van der Waals surface area contributed by atoms with Gasteiger partial charge in [0.15, 0.2) is 0 Å². The minimum Gasteiger partial charge on any atom is -0.469 e. The smallest absolute Gasteiger partial charge is 0.312 e. The summed E-state index contributed by atoms with van der Waals surface area (Å²) < 4.78 is 27.0. The number of fused-ring (bicyclic) bond motifs is 1. The lowest BCUT2D eigenvalue weighted by atomic mass is 10.1. The van der Waals surface area contributed by atoms with Crippen molar-refractivity contribution in [3.63, 3.8) is 0 Å².